The number of halogens is 1. The van der Waals surface area contributed by atoms with Crippen LogP contribution in [0, 0.1) is 0 Å². The molecule has 23 heavy (non-hydrogen) atoms. The predicted octanol–water partition coefficient (Wildman–Crippen LogP) is 3.48. The highest BCUT2D eigenvalue weighted by Crippen LogP contribution is 2.34. The maximum absolute atomic E-state index is 11.8. The Bertz CT molecular complexity index is 904. The molecule has 7 heteroatoms. The molecule has 118 valence electrons. The minimum atomic E-state index is -1.06. The molecule has 0 atom stereocenters. The van der Waals surface area contributed by atoms with Crippen LogP contribution in [0.5, 0.6) is 11.5 Å². The Labute approximate surface area is 140 Å². The van der Waals surface area contributed by atoms with Crippen molar-refractivity contribution in [3.63, 3.8) is 0 Å². The molecule has 0 unspecified atom stereocenters. The number of nitrogens with zero attached hydrogens (tertiary/aromatic N) is 2. The third kappa shape index (κ3) is 2.53. The Morgan fingerprint density at radius 1 is 1.17 bits per heavy atom. The number of methoxy groups -OCH3 is 2. The van der Waals surface area contributed by atoms with Gasteiger partial charge in [-0.15, -0.1) is 0 Å². The SMILES string of the molecule is COc1ccc(-c2nc3cccc(Br)n3c2C(=O)O)cc1OC. The van der Waals surface area contributed by atoms with E-state index >= 15 is 0 Å². The van der Waals surface area contributed by atoms with Crippen molar-refractivity contribution < 1.29 is 19.4 Å². The van der Waals surface area contributed by atoms with E-state index in [2.05, 4.69) is 20.9 Å². The highest BCUT2D eigenvalue weighted by atomic mass is 79.9. The van der Waals surface area contributed by atoms with Gasteiger partial charge in [0.1, 0.15) is 11.3 Å². The van der Waals surface area contributed by atoms with Gasteiger partial charge >= 0.3 is 5.97 Å². The van der Waals surface area contributed by atoms with Crippen molar-refractivity contribution in [3.8, 4) is 22.8 Å². The molecule has 0 radical (unpaired) electrons. The Morgan fingerprint density at radius 3 is 2.57 bits per heavy atom. The molecule has 2 heterocycles. The maximum Gasteiger partial charge on any atom is 0.355 e. The molecule has 2 aromatic heterocycles. The normalized spacial score (nSPS) is 10.7. The summed E-state index contributed by atoms with van der Waals surface area (Å²) in [6.07, 6.45) is 0. The number of ether oxygens (including phenoxy) is 2. The van der Waals surface area contributed by atoms with Gasteiger partial charge in [-0.1, -0.05) is 6.07 Å². The van der Waals surface area contributed by atoms with E-state index in [1.807, 2.05) is 0 Å². The summed E-state index contributed by atoms with van der Waals surface area (Å²) in [6, 6.07) is 10.5. The van der Waals surface area contributed by atoms with E-state index in [1.165, 1.54) is 7.11 Å². The number of rotatable bonds is 4. The summed E-state index contributed by atoms with van der Waals surface area (Å²) in [5.41, 5.74) is 1.63. The van der Waals surface area contributed by atoms with Gasteiger partial charge in [-0.25, -0.2) is 9.78 Å². The molecule has 0 fully saturated rings. The Kier molecular flexibility index (Phi) is 3.96. The monoisotopic (exact) mass is 376 g/mol. The molecule has 0 aliphatic carbocycles. The lowest BCUT2D eigenvalue weighted by molar-refractivity contribution is 0.0690. The van der Waals surface area contributed by atoms with Crippen LogP contribution in [0.4, 0.5) is 0 Å². The number of imidazole rings is 1. The zero-order valence-electron chi connectivity index (χ0n) is 12.4. The average molecular weight is 377 g/mol. The first-order valence-electron chi connectivity index (χ1n) is 6.69. The van der Waals surface area contributed by atoms with Gasteiger partial charge in [0, 0.05) is 5.56 Å². The van der Waals surface area contributed by atoms with Crippen molar-refractivity contribution in [3.05, 3.63) is 46.7 Å². The van der Waals surface area contributed by atoms with Crippen LogP contribution in [0.1, 0.15) is 10.5 Å². The number of pyridine rings is 1. The third-order valence-corrected chi connectivity index (χ3v) is 4.07. The molecule has 0 spiro atoms. The van der Waals surface area contributed by atoms with Crippen molar-refractivity contribution >= 4 is 27.5 Å². The molecule has 1 aromatic carbocycles. The standard InChI is InChI=1S/C16H13BrN2O4/c1-22-10-7-6-9(8-11(10)23-2)14-15(16(20)21)19-12(17)4-3-5-13(19)18-14/h3-8H,1-2H3,(H,20,21). The molecule has 3 rings (SSSR count). The van der Waals surface area contributed by atoms with Gasteiger partial charge in [0.15, 0.2) is 17.2 Å². The topological polar surface area (TPSA) is 73.1 Å². The second-order valence-electron chi connectivity index (χ2n) is 4.73. The van der Waals surface area contributed by atoms with Crippen molar-refractivity contribution in [1.29, 1.82) is 0 Å². The molecular formula is C16H13BrN2O4. The zero-order valence-corrected chi connectivity index (χ0v) is 14.0. The molecule has 0 aliphatic heterocycles. The molecule has 1 N–H and O–H groups in total. The zero-order chi connectivity index (χ0) is 16.6. The summed E-state index contributed by atoms with van der Waals surface area (Å²) in [5, 5.41) is 9.63. The van der Waals surface area contributed by atoms with Crippen molar-refractivity contribution in [1.82, 2.24) is 9.38 Å². The molecule has 3 aromatic rings. The van der Waals surface area contributed by atoms with E-state index in [0.29, 0.717) is 33.0 Å². The van der Waals surface area contributed by atoms with Crippen LogP contribution in [0.15, 0.2) is 41.0 Å². The first kappa shape index (κ1) is 15.4. The van der Waals surface area contributed by atoms with E-state index in [0.717, 1.165) is 0 Å². The third-order valence-electron chi connectivity index (χ3n) is 3.46. The molecule has 6 nitrogen and oxygen atoms in total. The average Bonchev–Trinajstić information content (AvgIpc) is 2.95. The fourth-order valence-electron chi connectivity index (χ4n) is 2.44. The highest BCUT2D eigenvalue weighted by molar-refractivity contribution is 9.10. The van der Waals surface area contributed by atoms with Gasteiger partial charge in [-0.05, 0) is 46.3 Å². The number of carboxylic acids is 1. The molecule has 0 amide bonds. The molecule has 0 aliphatic rings. The number of aromatic nitrogens is 2. The second kappa shape index (κ2) is 5.92. The fourth-order valence-corrected chi connectivity index (χ4v) is 2.95. The number of hydrogen-bond donors (Lipinski definition) is 1. The Balaban J connectivity index is 2.30. The Morgan fingerprint density at radius 2 is 1.91 bits per heavy atom. The van der Waals surface area contributed by atoms with Crippen LogP contribution < -0.4 is 9.47 Å². The molecule has 0 saturated carbocycles. The van der Waals surface area contributed by atoms with Crippen LogP contribution in [0.25, 0.3) is 16.9 Å². The smallest absolute Gasteiger partial charge is 0.355 e. The number of carbonyl (C=O) groups is 1. The van der Waals surface area contributed by atoms with Gasteiger partial charge in [-0.2, -0.15) is 0 Å². The summed E-state index contributed by atoms with van der Waals surface area (Å²) < 4.78 is 12.7. The first-order chi connectivity index (χ1) is 11.1. The summed E-state index contributed by atoms with van der Waals surface area (Å²) >= 11 is 3.37. The lowest BCUT2D eigenvalue weighted by Crippen LogP contribution is -2.04. The summed E-state index contributed by atoms with van der Waals surface area (Å²) in [7, 11) is 3.07. The van der Waals surface area contributed by atoms with Gasteiger partial charge in [-0.3, -0.25) is 4.40 Å². The molecular weight excluding hydrogens is 364 g/mol. The van der Waals surface area contributed by atoms with Gasteiger partial charge in [0.25, 0.3) is 0 Å². The van der Waals surface area contributed by atoms with E-state index in [9.17, 15) is 9.90 Å². The molecule has 0 bridgehead atoms. The van der Waals surface area contributed by atoms with E-state index < -0.39 is 5.97 Å². The van der Waals surface area contributed by atoms with Crippen LogP contribution in [0.3, 0.4) is 0 Å². The highest BCUT2D eigenvalue weighted by Gasteiger charge is 2.22. The summed E-state index contributed by atoms with van der Waals surface area (Å²) in [5.74, 6) is 0.0183. The number of carboxylic acid groups (broad SMARTS) is 1. The van der Waals surface area contributed by atoms with E-state index in [-0.39, 0.29) is 5.69 Å². The number of benzene rings is 1. The second-order valence-corrected chi connectivity index (χ2v) is 5.54. The first-order valence-corrected chi connectivity index (χ1v) is 7.48. The summed E-state index contributed by atoms with van der Waals surface area (Å²) in [6.45, 7) is 0. The van der Waals surface area contributed by atoms with Crippen molar-refractivity contribution in [2.75, 3.05) is 14.2 Å². The molecule has 0 saturated heterocycles. The van der Waals surface area contributed by atoms with Crippen LogP contribution >= 0.6 is 15.9 Å². The van der Waals surface area contributed by atoms with Crippen LogP contribution in [-0.2, 0) is 0 Å². The lowest BCUT2D eigenvalue weighted by atomic mass is 10.1. The minimum absolute atomic E-state index is 0.0831. The predicted molar refractivity (Wildman–Crippen MR) is 88.4 cm³/mol. The maximum atomic E-state index is 11.8. The number of hydrogen-bond acceptors (Lipinski definition) is 4. The quantitative estimate of drug-likeness (QED) is 0.705. The lowest BCUT2D eigenvalue weighted by Gasteiger charge is -2.09. The van der Waals surface area contributed by atoms with Gasteiger partial charge in [0.05, 0.1) is 18.8 Å². The van der Waals surface area contributed by atoms with Crippen LogP contribution in [0.2, 0.25) is 0 Å². The van der Waals surface area contributed by atoms with Gasteiger partial charge in [0.2, 0.25) is 0 Å². The minimum Gasteiger partial charge on any atom is -0.493 e. The number of aromatic carboxylic acids is 1. The van der Waals surface area contributed by atoms with Crippen molar-refractivity contribution in [2.45, 2.75) is 0 Å². The van der Waals surface area contributed by atoms with E-state index in [1.54, 1.807) is 47.9 Å². The fraction of sp³-hybridized carbons (Fsp3) is 0.125. The largest absolute Gasteiger partial charge is 0.493 e. The Hall–Kier alpha value is -2.54. The van der Waals surface area contributed by atoms with Gasteiger partial charge < -0.3 is 14.6 Å². The van der Waals surface area contributed by atoms with E-state index in [4.69, 9.17) is 9.47 Å². The number of fused-ring (bicyclic) bond motifs is 1. The van der Waals surface area contributed by atoms with Crippen LogP contribution in [-0.4, -0.2) is 34.7 Å². The van der Waals surface area contributed by atoms with Crippen molar-refractivity contribution in [2.24, 2.45) is 0 Å². The summed E-state index contributed by atoms with van der Waals surface area (Å²) in [4.78, 5) is 16.2.